The van der Waals surface area contributed by atoms with E-state index in [-0.39, 0.29) is 18.0 Å². The Morgan fingerprint density at radius 3 is 2.47 bits per heavy atom. The van der Waals surface area contributed by atoms with E-state index < -0.39 is 5.60 Å². The fourth-order valence-corrected chi connectivity index (χ4v) is 2.84. The Bertz CT molecular complexity index is 407. The van der Waals surface area contributed by atoms with Crippen LogP contribution in [-0.2, 0) is 10.3 Å². The van der Waals surface area contributed by atoms with Crippen molar-refractivity contribution in [2.24, 2.45) is 0 Å². The number of aryl methyl sites for hydroxylation is 1. The molecule has 0 saturated carbocycles. The van der Waals surface area contributed by atoms with E-state index >= 15 is 0 Å². The first kappa shape index (κ1) is 12.5. The van der Waals surface area contributed by atoms with Gasteiger partial charge < -0.3 is 9.84 Å². The highest BCUT2D eigenvalue weighted by Crippen LogP contribution is 2.38. The first-order chi connectivity index (χ1) is 7.90. The summed E-state index contributed by atoms with van der Waals surface area (Å²) >= 11 is 0. The van der Waals surface area contributed by atoms with Crippen LogP contribution in [0.4, 0.5) is 4.39 Å². The van der Waals surface area contributed by atoms with Crippen LogP contribution >= 0.6 is 0 Å². The predicted octanol–water partition coefficient (Wildman–Crippen LogP) is 2.91. The first-order valence-corrected chi connectivity index (χ1v) is 6.05. The van der Waals surface area contributed by atoms with Gasteiger partial charge in [0.1, 0.15) is 5.82 Å². The van der Waals surface area contributed by atoms with Gasteiger partial charge in [-0.25, -0.2) is 4.39 Å². The van der Waals surface area contributed by atoms with E-state index in [0.29, 0.717) is 18.4 Å². The van der Waals surface area contributed by atoms with E-state index in [2.05, 4.69) is 0 Å². The van der Waals surface area contributed by atoms with Crippen molar-refractivity contribution in [2.45, 2.75) is 51.4 Å². The smallest absolute Gasteiger partial charge is 0.123 e. The molecule has 1 N–H and O–H groups in total. The summed E-state index contributed by atoms with van der Waals surface area (Å²) in [6.07, 6.45) is 1.02. The second kappa shape index (κ2) is 4.39. The molecule has 1 aromatic carbocycles. The van der Waals surface area contributed by atoms with E-state index in [1.165, 1.54) is 12.1 Å². The standard InChI is InChI=1S/C14H19FO2/c1-9-4-5-12(15)6-13(9)14(16)7-10(2)17-11(3)8-14/h4-6,10-11,16H,7-8H2,1-3H3. The number of hydrogen-bond donors (Lipinski definition) is 1. The van der Waals surface area contributed by atoms with Gasteiger partial charge in [-0.2, -0.15) is 0 Å². The zero-order valence-corrected chi connectivity index (χ0v) is 10.5. The maximum atomic E-state index is 13.3. The topological polar surface area (TPSA) is 29.5 Å². The summed E-state index contributed by atoms with van der Waals surface area (Å²) in [5, 5.41) is 10.7. The van der Waals surface area contributed by atoms with Crippen LogP contribution in [0.2, 0.25) is 0 Å². The molecule has 2 nitrogen and oxygen atoms in total. The Morgan fingerprint density at radius 1 is 1.29 bits per heavy atom. The second-order valence-electron chi connectivity index (χ2n) is 5.16. The summed E-state index contributed by atoms with van der Waals surface area (Å²) in [5.41, 5.74) is 0.651. The van der Waals surface area contributed by atoms with Gasteiger partial charge in [0.05, 0.1) is 17.8 Å². The Balaban J connectivity index is 2.39. The summed E-state index contributed by atoms with van der Waals surface area (Å²) in [6.45, 7) is 5.78. The number of ether oxygens (including phenoxy) is 1. The average molecular weight is 238 g/mol. The van der Waals surface area contributed by atoms with Crippen molar-refractivity contribution < 1.29 is 14.2 Å². The molecule has 0 amide bonds. The van der Waals surface area contributed by atoms with Crippen LogP contribution in [0.5, 0.6) is 0 Å². The minimum atomic E-state index is -0.969. The Morgan fingerprint density at radius 2 is 1.88 bits per heavy atom. The van der Waals surface area contributed by atoms with Gasteiger partial charge >= 0.3 is 0 Å². The highest BCUT2D eigenvalue weighted by atomic mass is 19.1. The van der Waals surface area contributed by atoms with E-state index in [9.17, 15) is 9.50 Å². The van der Waals surface area contributed by atoms with Gasteiger partial charge in [-0.1, -0.05) is 6.07 Å². The number of aliphatic hydroxyl groups is 1. The summed E-state index contributed by atoms with van der Waals surface area (Å²) in [7, 11) is 0. The van der Waals surface area contributed by atoms with Crippen molar-refractivity contribution >= 4 is 0 Å². The van der Waals surface area contributed by atoms with Crippen molar-refractivity contribution in [2.75, 3.05) is 0 Å². The van der Waals surface area contributed by atoms with Crippen molar-refractivity contribution in [1.29, 1.82) is 0 Å². The summed E-state index contributed by atoms with van der Waals surface area (Å²) in [6, 6.07) is 4.59. The monoisotopic (exact) mass is 238 g/mol. The normalized spacial score (nSPS) is 33.7. The molecule has 94 valence electrons. The van der Waals surface area contributed by atoms with Crippen molar-refractivity contribution in [1.82, 2.24) is 0 Å². The number of benzene rings is 1. The zero-order chi connectivity index (χ0) is 12.6. The van der Waals surface area contributed by atoms with Crippen molar-refractivity contribution in [3.05, 3.63) is 35.1 Å². The van der Waals surface area contributed by atoms with E-state index in [1.54, 1.807) is 6.07 Å². The minimum Gasteiger partial charge on any atom is -0.385 e. The van der Waals surface area contributed by atoms with Gasteiger partial charge in [0.15, 0.2) is 0 Å². The van der Waals surface area contributed by atoms with Gasteiger partial charge in [-0.15, -0.1) is 0 Å². The third-order valence-electron chi connectivity index (χ3n) is 3.42. The summed E-state index contributed by atoms with van der Waals surface area (Å²) in [5.74, 6) is -0.300. The number of rotatable bonds is 1. The van der Waals surface area contributed by atoms with Crippen LogP contribution in [0.1, 0.15) is 37.8 Å². The van der Waals surface area contributed by atoms with Crippen LogP contribution in [0.25, 0.3) is 0 Å². The van der Waals surface area contributed by atoms with Gasteiger partial charge in [0, 0.05) is 12.8 Å². The highest BCUT2D eigenvalue weighted by Gasteiger charge is 2.39. The quantitative estimate of drug-likeness (QED) is 0.815. The maximum absolute atomic E-state index is 13.3. The van der Waals surface area contributed by atoms with Crippen LogP contribution in [0.3, 0.4) is 0 Å². The molecule has 2 unspecified atom stereocenters. The molecule has 1 aliphatic heterocycles. The minimum absolute atomic E-state index is 0.00795. The zero-order valence-electron chi connectivity index (χ0n) is 10.5. The second-order valence-corrected chi connectivity index (χ2v) is 5.16. The third-order valence-corrected chi connectivity index (χ3v) is 3.42. The fourth-order valence-electron chi connectivity index (χ4n) is 2.84. The SMILES string of the molecule is Cc1ccc(F)cc1C1(O)CC(C)OC(C)C1. The molecule has 3 heteroatoms. The van der Waals surface area contributed by atoms with E-state index in [4.69, 9.17) is 4.74 Å². The lowest BCUT2D eigenvalue weighted by atomic mass is 9.80. The lowest BCUT2D eigenvalue weighted by Gasteiger charge is -2.40. The van der Waals surface area contributed by atoms with Crippen molar-refractivity contribution in [3.63, 3.8) is 0 Å². The van der Waals surface area contributed by atoms with Gasteiger partial charge in [-0.3, -0.25) is 0 Å². The lowest BCUT2D eigenvalue weighted by Crippen LogP contribution is -2.41. The molecule has 0 bridgehead atoms. The van der Waals surface area contributed by atoms with Crippen molar-refractivity contribution in [3.8, 4) is 0 Å². The van der Waals surface area contributed by atoms with Gasteiger partial charge in [-0.05, 0) is 44.0 Å². The Hall–Kier alpha value is -0.930. The van der Waals surface area contributed by atoms with Crippen LogP contribution in [0, 0.1) is 12.7 Å². The Kier molecular flexibility index (Phi) is 3.23. The van der Waals surface area contributed by atoms with Gasteiger partial charge in [0.2, 0.25) is 0 Å². The molecule has 2 atom stereocenters. The maximum Gasteiger partial charge on any atom is 0.123 e. The molecule has 0 aliphatic carbocycles. The van der Waals surface area contributed by atoms with E-state index in [0.717, 1.165) is 5.56 Å². The molecule has 1 aromatic rings. The predicted molar refractivity (Wildman–Crippen MR) is 64.3 cm³/mol. The molecular formula is C14H19FO2. The highest BCUT2D eigenvalue weighted by molar-refractivity contribution is 5.32. The number of hydrogen-bond acceptors (Lipinski definition) is 2. The lowest BCUT2D eigenvalue weighted by molar-refractivity contribution is -0.136. The summed E-state index contributed by atoms with van der Waals surface area (Å²) in [4.78, 5) is 0. The molecule has 0 radical (unpaired) electrons. The van der Waals surface area contributed by atoms with E-state index in [1.807, 2.05) is 20.8 Å². The third kappa shape index (κ3) is 2.50. The molecule has 1 fully saturated rings. The largest absolute Gasteiger partial charge is 0.385 e. The first-order valence-electron chi connectivity index (χ1n) is 6.05. The molecule has 1 heterocycles. The van der Waals surface area contributed by atoms with Crippen LogP contribution in [0.15, 0.2) is 18.2 Å². The number of halogens is 1. The van der Waals surface area contributed by atoms with Gasteiger partial charge in [0.25, 0.3) is 0 Å². The molecular weight excluding hydrogens is 219 g/mol. The molecule has 0 aromatic heterocycles. The summed E-state index contributed by atoms with van der Waals surface area (Å²) < 4.78 is 18.9. The fraction of sp³-hybridized carbons (Fsp3) is 0.571. The van der Waals surface area contributed by atoms with Crippen LogP contribution in [-0.4, -0.2) is 17.3 Å². The van der Waals surface area contributed by atoms with Crippen LogP contribution < -0.4 is 0 Å². The average Bonchev–Trinajstić information content (AvgIpc) is 2.19. The molecule has 1 saturated heterocycles. The molecule has 1 aliphatic rings. The molecule has 17 heavy (non-hydrogen) atoms. The Labute approximate surface area is 101 Å². The molecule has 2 rings (SSSR count). The molecule has 0 spiro atoms.